The van der Waals surface area contributed by atoms with E-state index in [9.17, 15) is 4.79 Å². The molecule has 0 spiro atoms. The van der Waals surface area contributed by atoms with E-state index in [4.69, 9.17) is 16.3 Å². The number of nitrogens with zero attached hydrogens (tertiary/aromatic N) is 2. The lowest BCUT2D eigenvalue weighted by molar-refractivity contribution is -0.127. The minimum atomic E-state index is -0.557. The number of hydrogen-bond acceptors (Lipinski definition) is 3. The van der Waals surface area contributed by atoms with E-state index >= 15 is 0 Å². The Hall–Kier alpha value is -2.01. The predicted molar refractivity (Wildman–Crippen MR) is 95.6 cm³/mol. The lowest BCUT2D eigenvalue weighted by Crippen LogP contribution is -2.37. The quantitative estimate of drug-likeness (QED) is 0.779. The third-order valence-corrected chi connectivity index (χ3v) is 3.99. The molecule has 6 heteroatoms. The molecule has 0 fully saturated rings. The van der Waals surface area contributed by atoms with Gasteiger partial charge in [-0.2, -0.15) is 5.10 Å². The van der Waals surface area contributed by atoms with Gasteiger partial charge in [0.25, 0.3) is 5.91 Å². The number of benzene rings is 1. The summed E-state index contributed by atoms with van der Waals surface area (Å²) >= 11 is 5.92. The van der Waals surface area contributed by atoms with Crippen LogP contribution in [-0.2, 0) is 11.3 Å². The molecule has 0 aliphatic heterocycles. The van der Waals surface area contributed by atoms with Crippen LogP contribution in [0.2, 0.25) is 5.02 Å². The maximum atomic E-state index is 12.1. The van der Waals surface area contributed by atoms with Gasteiger partial charge < -0.3 is 10.1 Å². The fourth-order valence-electron chi connectivity index (χ4n) is 2.47. The Morgan fingerprint density at radius 3 is 2.71 bits per heavy atom. The largest absolute Gasteiger partial charge is 0.481 e. The van der Waals surface area contributed by atoms with Gasteiger partial charge in [0.1, 0.15) is 5.75 Å². The zero-order valence-electron chi connectivity index (χ0n) is 14.6. The molecule has 1 atom stereocenters. The number of halogens is 1. The number of ether oxygens (including phenoxy) is 1. The Labute approximate surface area is 148 Å². The monoisotopic (exact) mass is 349 g/mol. The molecule has 1 aromatic carbocycles. The molecule has 0 aliphatic rings. The van der Waals surface area contributed by atoms with Crippen molar-refractivity contribution in [1.82, 2.24) is 15.1 Å². The molecule has 130 valence electrons. The number of rotatable bonds is 7. The van der Waals surface area contributed by atoms with Crippen molar-refractivity contribution in [2.75, 3.05) is 6.54 Å². The maximum absolute atomic E-state index is 12.1. The highest BCUT2D eigenvalue weighted by Crippen LogP contribution is 2.22. The van der Waals surface area contributed by atoms with Crippen molar-refractivity contribution in [3.8, 4) is 5.75 Å². The summed E-state index contributed by atoms with van der Waals surface area (Å²) in [4.78, 5) is 12.1. The average molecular weight is 350 g/mol. The van der Waals surface area contributed by atoms with Gasteiger partial charge in [0.15, 0.2) is 6.10 Å². The molecule has 5 nitrogen and oxygen atoms in total. The Morgan fingerprint density at radius 1 is 1.33 bits per heavy atom. The van der Waals surface area contributed by atoms with Gasteiger partial charge in [0.05, 0.1) is 5.69 Å². The highest BCUT2D eigenvalue weighted by Gasteiger charge is 2.15. The molecule has 2 rings (SSSR count). The van der Waals surface area contributed by atoms with E-state index in [0.29, 0.717) is 17.3 Å². The number of amides is 1. The highest BCUT2D eigenvalue weighted by molar-refractivity contribution is 6.30. The molecule has 0 saturated heterocycles. The summed E-state index contributed by atoms with van der Waals surface area (Å²) in [5, 5.41) is 7.96. The molecule has 0 saturated carbocycles. The highest BCUT2D eigenvalue weighted by atomic mass is 35.5. The maximum Gasteiger partial charge on any atom is 0.260 e. The van der Waals surface area contributed by atoms with Gasteiger partial charge in [-0.25, -0.2) is 0 Å². The first-order chi connectivity index (χ1) is 11.4. The zero-order chi connectivity index (χ0) is 17.7. The van der Waals surface area contributed by atoms with Gasteiger partial charge in [-0.15, -0.1) is 0 Å². The Morgan fingerprint density at radius 2 is 2.08 bits per heavy atom. The Bertz CT molecular complexity index is 712. The van der Waals surface area contributed by atoms with Crippen molar-refractivity contribution in [3.63, 3.8) is 0 Å². The molecule has 0 unspecified atom stereocenters. The second-order valence-electron chi connectivity index (χ2n) is 5.96. The number of nitrogens with one attached hydrogen (secondary N) is 1. The fourth-order valence-corrected chi connectivity index (χ4v) is 2.70. The number of aryl methyl sites for hydroxylation is 4. The van der Waals surface area contributed by atoms with E-state index in [2.05, 4.69) is 10.4 Å². The number of carbonyl (C=O) groups excluding carboxylic acids is 1. The van der Waals surface area contributed by atoms with E-state index in [1.54, 1.807) is 19.1 Å². The molecule has 24 heavy (non-hydrogen) atoms. The summed E-state index contributed by atoms with van der Waals surface area (Å²) in [6.07, 6.45) is 0.263. The van der Waals surface area contributed by atoms with Gasteiger partial charge in [-0.3, -0.25) is 9.48 Å². The van der Waals surface area contributed by atoms with Crippen molar-refractivity contribution >= 4 is 17.5 Å². The molecule has 1 heterocycles. The molecule has 2 aromatic rings. The summed E-state index contributed by atoms with van der Waals surface area (Å²) in [5.74, 6) is 0.544. The molecule has 1 N–H and O–H groups in total. The normalized spacial score (nSPS) is 12.0. The Balaban J connectivity index is 1.76. The van der Waals surface area contributed by atoms with Gasteiger partial charge in [-0.1, -0.05) is 11.6 Å². The van der Waals surface area contributed by atoms with Crippen LogP contribution in [0.1, 0.15) is 30.3 Å². The smallest absolute Gasteiger partial charge is 0.260 e. The topological polar surface area (TPSA) is 56.2 Å². The first kappa shape index (κ1) is 18.3. The SMILES string of the molecule is Cc1cc(C)n(CCCNC(=O)[C@H](C)Oc2ccc(Cl)cc2C)n1. The first-order valence-corrected chi connectivity index (χ1v) is 8.46. The van der Waals surface area contributed by atoms with Gasteiger partial charge >= 0.3 is 0 Å². The Kier molecular flexibility index (Phi) is 6.26. The van der Waals surface area contributed by atoms with Crippen LogP contribution in [0.4, 0.5) is 0 Å². The average Bonchev–Trinajstić information content (AvgIpc) is 2.84. The van der Waals surface area contributed by atoms with E-state index in [1.807, 2.05) is 37.6 Å². The minimum absolute atomic E-state index is 0.127. The van der Waals surface area contributed by atoms with Crippen LogP contribution in [0.3, 0.4) is 0 Å². The van der Waals surface area contributed by atoms with E-state index in [-0.39, 0.29) is 5.91 Å². The third kappa shape index (κ3) is 4.99. The van der Waals surface area contributed by atoms with E-state index in [0.717, 1.165) is 29.9 Å². The second kappa shape index (κ2) is 8.20. The van der Waals surface area contributed by atoms with Gasteiger partial charge in [0, 0.05) is 23.8 Å². The molecular formula is C18H24ClN3O2. The summed E-state index contributed by atoms with van der Waals surface area (Å²) in [6.45, 7) is 9.02. The number of aromatic nitrogens is 2. The van der Waals surface area contributed by atoms with Crippen LogP contribution in [-0.4, -0.2) is 28.3 Å². The lowest BCUT2D eigenvalue weighted by Gasteiger charge is -2.16. The van der Waals surface area contributed by atoms with Crippen molar-refractivity contribution in [2.45, 2.75) is 46.8 Å². The second-order valence-corrected chi connectivity index (χ2v) is 6.40. The van der Waals surface area contributed by atoms with Crippen molar-refractivity contribution in [3.05, 3.63) is 46.2 Å². The third-order valence-electron chi connectivity index (χ3n) is 3.76. The summed E-state index contributed by atoms with van der Waals surface area (Å²) in [5.41, 5.74) is 3.05. The lowest BCUT2D eigenvalue weighted by atomic mass is 10.2. The van der Waals surface area contributed by atoms with Crippen LogP contribution >= 0.6 is 11.6 Å². The van der Waals surface area contributed by atoms with Crippen LogP contribution in [0, 0.1) is 20.8 Å². The first-order valence-electron chi connectivity index (χ1n) is 8.08. The fraction of sp³-hybridized carbons (Fsp3) is 0.444. The standard InChI is InChI=1S/C18H24ClN3O2/c1-12-10-16(19)6-7-17(12)24-15(4)18(23)20-8-5-9-22-14(3)11-13(2)21-22/h6-7,10-11,15H,5,8-9H2,1-4H3,(H,20,23)/t15-/m0/s1. The van der Waals surface area contributed by atoms with Crippen LogP contribution < -0.4 is 10.1 Å². The number of hydrogen-bond donors (Lipinski definition) is 1. The molecule has 1 aromatic heterocycles. The van der Waals surface area contributed by atoms with Crippen molar-refractivity contribution in [2.24, 2.45) is 0 Å². The molecule has 1 amide bonds. The molecular weight excluding hydrogens is 326 g/mol. The van der Waals surface area contributed by atoms with Crippen molar-refractivity contribution < 1.29 is 9.53 Å². The summed E-state index contributed by atoms with van der Waals surface area (Å²) in [6, 6.07) is 7.39. The van der Waals surface area contributed by atoms with E-state index in [1.165, 1.54) is 0 Å². The molecule has 0 radical (unpaired) electrons. The van der Waals surface area contributed by atoms with Crippen LogP contribution in [0.25, 0.3) is 0 Å². The van der Waals surface area contributed by atoms with Crippen LogP contribution in [0.5, 0.6) is 5.75 Å². The van der Waals surface area contributed by atoms with E-state index < -0.39 is 6.10 Å². The minimum Gasteiger partial charge on any atom is -0.481 e. The predicted octanol–water partition coefficient (Wildman–Crippen LogP) is 3.44. The van der Waals surface area contributed by atoms with Gasteiger partial charge in [0.2, 0.25) is 0 Å². The summed E-state index contributed by atoms with van der Waals surface area (Å²) in [7, 11) is 0. The molecule has 0 bridgehead atoms. The van der Waals surface area contributed by atoms with Crippen molar-refractivity contribution in [1.29, 1.82) is 0 Å². The molecule has 0 aliphatic carbocycles. The zero-order valence-corrected chi connectivity index (χ0v) is 15.4. The van der Waals surface area contributed by atoms with Gasteiger partial charge in [-0.05, 0) is 63.9 Å². The van der Waals surface area contributed by atoms with Crippen LogP contribution in [0.15, 0.2) is 24.3 Å². The summed E-state index contributed by atoms with van der Waals surface area (Å²) < 4.78 is 7.67. The number of carbonyl (C=O) groups is 1.